The molecule has 0 amide bonds. The van der Waals surface area contributed by atoms with Crippen molar-refractivity contribution in [1.82, 2.24) is 9.97 Å². The van der Waals surface area contributed by atoms with Crippen LogP contribution in [0, 0.1) is 19.3 Å². The molecule has 0 aliphatic rings. The summed E-state index contributed by atoms with van der Waals surface area (Å²) in [5, 5.41) is 0.398. The lowest BCUT2D eigenvalue weighted by Crippen LogP contribution is -2.36. The Morgan fingerprint density at radius 1 is 1.06 bits per heavy atom. The molecule has 0 aliphatic heterocycles. The van der Waals surface area contributed by atoms with Gasteiger partial charge in [-0.05, 0) is 79.9 Å². The van der Waals surface area contributed by atoms with Gasteiger partial charge in [-0.15, -0.1) is 0 Å². The summed E-state index contributed by atoms with van der Waals surface area (Å²) in [6, 6.07) is 9.93. The van der Waals surface area contributed by atoms with Crippen LogP contribution in [0.4, 0.5) is 0 Å². The van der Waals surface area contributed by atoms with Crippen molar-refractivity contribution in [3.05, 3.63) is 57.4 Å². The highest BCUT2D eigenvalue weighted by Gasteiger charge is 2.29. The van der Waals surface area contributed by atoms with Crippen LogP contribution in [-0.2, 0) is 4.43 Å². The van der Waals surface area contributed by atoms with Crippen LogP contribution in [0.15, 0.2) is 35.1 Å². The molecule has 3 aromatic rings. The second-order valence-electron chi connectivity index (χ2n) is 10.4. The normalized spacial score (nSPS) is 12.2. The van der Waals surface area contributed by atoms with E-state index in [1.54, 1.807) is 18.2 Å². The molecule has 0 atom stereocenters. The van der Waals surface area contributed by atoms with Crippen molar-refractivity contribution < 1.29 is 14.0 Å². The minimum atomic E-state index is -1.73. The number of aldehydes is 1. The lowest BCUT2D eigenvalue weighted by atomic mass is 10.0. The first kappa shape index (κ1) is 24.9. The molecule has 0 unspecified atom stereocenters. The molecule has 0 spiro atoms. The minimum Gasteiger partial charge on any atom is -0.491 e. The van der Waals surface area contributed by atoms with Crippen molar-refractivity contribution >= 4 is 25.5 Å². The van der Waals surface area contributed by atoms with Crippen molar-refractivity contribution in [3.63, 3.8) is 0 Å². The predicted octanol–water partition coefficient (Wildman–Crippen LogP) is 5.67. The van der Waals surface area contributed by atoms with E-state index < -0.39 is 8.32 Å². The Labute approximate surface area is 196 Å². The summed E-state index contributed by atoms with van der Waals surface area (Å²) >= 11 is 0. The maximum atomic E-state index is 12.6. The SMILES string of the molecule is Cc1cc(-c2nc3ccc(C=O)cc3c(=O)[nH]2)cc(C)c1OCCO[Si](C)(C)CC(C)(C)C. The molecule has 6 nitrogen and oxygen atoms in total. The smallest absolute Gasteiger partial charge is 0.259 e. The van der Waals surface area contributed by atoms with Gasteiger partial charge in [0.2, 0.25) is 0 Å². The van der Waals surface area contributed by atoms with Gasteiger partial charge in [0.15, 0.2) is 8.32 Å². The zero-order valence-corrected chi connectivity index (χ0v) is 21.7. The van der Waals surface area contributed by atoms with Gasteiger partial charge in [0.05, 0.1) is 17.5 Å². The van der Waals surface area contributed by atoms with Crippen molar-refractivity contribution in [2.75, 3.05) is 13.2 Å². The van der Waals surface area contributed by atoms with E-state index in [9.17, 15) is 9.59 Å². The molecule has 0 bridgehead atoms. The van der Waals surface area contributed by atoms with E-state index in [4.69, 9.17) is 9.16 Å². The second-order valence-corrected chi connectivity index (χ2v) is 14.6. The summed E-state index contributed by atoms with van der Waals surface area (Å²) in [7, 11) is -1.73. The van der Waals surface area contributed by atoms with Crippen LogP contribution in [-0.4, -0.2) is 37.8 Å². The molecule has 1 aromatic heterocycles. The number of aromatic amines is 1. The summed E-state index contributed by atoms with van der Waals surface area (Å²) in [6.45, 7) is 16.3. The molecule has 0 fully saturated rings. The number of hydrogen-bond acceptors (Lipinski definition) is 5. The van der Waals surface area contributed by atoms with E-state index in [-0.39, 0.29) is 11.0 Å². The van der Waals surface area contributed by atoms with Crippen LogP contribution in [0.5, 0.6) is 5.75 Å². The molecule has 1 heterocycles. The largest absolute Gasteiger partial charge is 0.491 e. The van der Waals surface area contributed by atoms with E-state index in [0.29, 0.717) is 35.5 Å². The Bertz CT molecular complexity index is 1200. The van der Waals surface area contributed by atoms with Crippen molar-refractivity contribution in [3.8, 4) is 17.1 Å². The average Bonchev–Trinajstić information content (AvgIpc) is 2.70. The Morgan fingerprint density at radius 3 is 2.33 bits per heavy atom. The number of benzene rings is 2. The van der Waals surface area contributed by atoms with Gasteiger partial charge in [-0.25, -0.2) is 4.98 Å². The molecule has 2 aromatic carbocycles. The van der Waals surface area contributed by atoms with Crippen molar-refractivity contribution in [2.24, 2.45) is 5.41 Å². The predicted molar refractivity (Wildman–Crippen MR) is 136 cm³/mol. The van der Waals surface area contributed by atoms with Gasteiger partial charge in [-0.1, -0.05) is 20.8 Å². The third kappa shape index (κ3) is 6.39. The molecular formula is C26H34N2O4Si. The number of hydrogen-bond donors (Lipinski definition) is 1. The summed E-state index contributed by atoms with van der Waals surface area (Å²) in [4.78, 5) is 31.0. The third-order valence-electron chi connectivity index (χ3n) is 5.38. The molecule has 3 rings (SSSR count). The van der Waals surface area contributed by atoms with Gasteiger partial charge in [-0.3, -0.25) is 9.59 Å². The lowest BCUT2D eigenvalue weighted by Gasteiger charge is -2.30. The highest BCUT2D eigenvalue weighted by atomic mass is 28.4. The quantitative estimate of drug-likeness (QED) is 0.263. The fourth-order valence-electron chi connectivity index (χ4n) is 4.47. The van der Waals surface area contributed by atoms with Gasteiger partial charge >= 0.3 is 0 Å². The number of carbonyl (C=O) groups excluding carboxylic acids is 1. The first-order chi connectivity index (χ1) is 15.4. The minimum absolute atomic E-state index is 0.258. The number of carbonyl (C=O) groups is 1. The zero-order valence-electron chi connectivity index (χ0n) is 20.7. The highest BCUT2D eigenvalue weighted by Crippen LogP contribution is 2.30. The Kier molecular flexibility index (Phi) is 7.24. The van der Waals surface area contributed by atoms with Gasteiger partial charge in [-0.2, -0.15) is 0 Å². The van der Waals surface area contributed by atoms with Gasteiger partial charge in [0.1, 0.15) is 24.5 Å². The van der Waals surface area contributed by atoms with Gasteiger partial charge in [0.25, 0.3) is 5.56 Å². The summed E-state index contributed by atoms with van der Waals surface area (Å²) in [5.74, 6) is 1.32. The standard InChI is InChI=1S/C26H34N2O4Si/c1-17-12-20(24-27-22-9-8-19(15-29)14-21(22)25(30)28-24)13-18(2)23(17)31-10-11-32-33(6,7)16-26(3,4)5/h8-9,12-15H,10-11,16H2,1-7H3,(H,27,28,30). The van der Waals surface area contributed by atoms with Crippen LogP contribution in [0.3, 0.4) is 0 Å². The molecule has 0 saturated heterocycles. The third-order valence-corrected chi connectivity index (χ3v) is 8.28. The van der Waals surface area contributed by atoms with E-state index in [2.05, 4.69) is 43.8 Å². The monoisotopic (exact) mass is 466 g/mol. The molecule has 7 heteroatoms. The molecule has 0 radical (unpaired) electrons. The van der Waals surface area contributed by atoms with E-state index in [1.165, 1.54) is 0 Å². The fraction of sp³-hybridized carbons (Fsp3) is 0.423. The number of ether oxygens (including phenoxy) is 1. The van der Waals surface area contributed by atoms with Gasteiger partial charge < -0.3 is 14.1 Å². The number of aryl methyl sites for hydroxylation is 2. The van der Waals surface area contributed by atoms with Crippen LogP contribution >= 0.6 is 0 Å². The van der Waals surface area contributed by atoms with Crippen LogP contribution in [0.1, 0.15) is 42.3 Å². The second kappa shape index (κ2) is 9.61. The number of rotatable bonds is 8. The molecule has 0 saturated carbocycles. The number of fused-ring (bicyclic) bond motifs is 1. The Hall–Kier alpha value is -2.77. The number of nitrogens with one attached hydrogen (secondary N) is 1. The van der Waals surface area contributed by atoms with Crippen LogP contribution in [0.25, 0.3) is 22.3 Å². The van der Waals surface area contributed by atoms with Crippen molar-refractivity contribution in [1.29, 1.82) is 0 Å². The van der Waals surface area contributed by atoms with Crippen LogP contribution in [0.2, 0.25) is 19.1 Å². The first-order valence-electron chi connectivity index (χ1n) is 11.3. The van der Waals surface area contributed by atoms with E-state index >= 15 is 0 Å². The highest BCUT2D eigenvalue weighted by molar-refractivity contribution is 6.71. The number of H-pyrrole nitrogens is 1. The summed E-state index contributed by atoms with van der Waals surface area (Å²) in [6.07, 6.45) is 0.719. The number of nitrogens with zero attached hydrogens (tertiary/aromatic N) is 1. The first-order valence-corrected chi connectivity index (χ1v) is 14.4. The van der Waals surface area contributed by atoms with Crippen molar-refractivity contribution in [2.45, 2.75) is 53.8 Å². The molecular weight excluding hydrogens is 432 g/mol. The molecule has 1 N–H and O–H groups in total. The maximum Gasteiger partial charge on any atom is 0.259 e. The molecule has 176 valence electrons. The molecule has 33 heavy (non-hydrogen) atoms. The topological polar surface area (TPSA) is 81.3 Å². The zero-order chi connectivity index (χ0) is 24.4. The fourth-order valence-corrected chi connectivity index (χ4v) is 7.76. The number of aromatic nitrogens is 2. The summed E-state index contributed by atoms with van der Waals surface area (Å²) in [5.41, 5.74) is 3.73. The molecule has 0 aliphatic carbocycles. The summed E-state index contributed by atoms with van der Waals surface area (Å²) < 4.78 is 12.3. The Morgan fingerprint density at radius 2 is 1.73 bits per heavy atom. The van der Waals surface area contributed by atoms with Gasteiger partial charge in [0, 0.05) is 11.1 Å². The maximum absolute atomic E-state index is 12.6. The van der Waals surface area contributed by atoms with E-state index in [0.717, 1.165) is 34.8 Å². The lowest BCUT2D eigenvalue weighted by molar-refractivity contribution is 0.112. The average molecular weight is 467 g/mol. The van der Waals surface area contributed by atoms with Crippen LogP contribution < -0.4 is 10.3 Å². The Balaban J connectivity index is 1.75. The van der Waals surface area contributed by atoms with E-state index in [1.807, 2.05) is 26.0 Å².